The number of anilines is 1. The van der Waals surface area contributed by atoms with Gasteiger partial charge >= 0.3 is 0 Å². The van der Waals surface area contributed by atoms with Crippen molar-refractivity contribution in [1.29, 1.82) is 0 Å². The van der Waals surface area contributed by atoms with Crippen molar-refractivity contribution in [3.63, 3.8) is 0 Å². The van der Waals surface area contributed by atoms with Crippen LogP contribution in [0.2, 0.25) is 5.02 Å². The Labute approximate surface area is 217 Å². The number of nitrogens with two attached hydrogens (primary N) is 1. The highest BCUT2D eigenvalue weighted by Gasteiger charge is 2.14. The summed E-state index contributed by atoms with van der Waals surface area (Å²) in [4.78, 5) is 24.2. The summed E-state index contributed by atoms with van der Waals surface area (Å²) < 4.78 is 15.6. The van der Waals surface area contributed by atoms with Crippen LogP contribution in [-0.4, -0.2) is 44.6 Å². The maximum atomic E-state index is 14.2. The molecule has 1 aromatic heterocycles. The Morgan fingerprint density at radius 1 is 1.11 bits per heavy atom. The second-order valence-electron chi connectivity index (χ2n) is 8.13. The molecule has 0 spiro atoms. The van der Waals surface area contributed by atoms with Crippen molar-refractivity contribution in [2.75, 3.05) is 11.9 Å². The van der Waals surface area contributed by atoms with Crippen LogP contribution in [0.15, 0.2) is 79.1 Å². The van der Waals surface area contributed by atoms with Crippen molar-refractivity contribution in [1.82, 2.24) is 25.5 Å². The van der Waals surface area contributed by atoms with E-state index in [0.717, 1.165) is 5.56 Å². The molecule has 0 saturated heterocycles. The Morgan fingerprint density at radius 3 is 2.62 bits per heavy atom. The first-order valence-corrected chi connectivity index (χ1v) is 11.7. The van der Waals surface area contributed by atoms with Gasteiger partial charge in [0.1, 0.15) is 12.1 Å². The quantitative estimate of drug-likeness (QED) is 0.275. The van der Waals surface area contributed by atoms with Crippen LogP contribution in [0.3, 0.4) is 0 Å². The van der Waals surface area contributed by atoms with Gasteiger partial charge in [-0.05, 0) is 64.9 Å². The number of amides is 2. The summed E-state index contributed by atoms with van der Waals surface area (Å²) in [6, 6.07) is 18.6. The van der Waals surface area contributed by atoms with Gasteiger partial charge in [-0.25, -0.2) is 4.39 Å². The van der Waals surface area contributed by atoms with E-state index in [-0.39, 0.29) is 17.5 Å². The van der Waals surface area contributed by atoms with E-state index in [1.807, 2.05) is 30.3 Å². The van der Waals surface area contributed by atoms with Gasteiger partial charge in [-0.2, -0.15) is 4.68 Å². The smallest absolute Gasteiger partial charge is 0.251 e. The van der Waals surface area contributed by atoms with E-state index >= 15 is 0 Å². The highest BCUT2D eigenvalue weighted by molar-refractivity contribution is 6.30. The molecular formula is C26H23ClFN7O2. The fourth-order valence-corrected chi connectivity index (χ4v) is 3.87. The summed E-state index contributed by atoms with van der Waals surface area (Å²) in [5, 5.41) is 17.8. The number of hydrogen-bond donors (Lipinski definition) is 3. The molecule has 0 saturated carbocycles. The molecule has 3 aromatic carbocycles. The van der Waals surface area contributed by atoms with Crippen molar-refractivity contribution >= 4 is 35.2 Å². The number of halogens is 2. The summed E-state index contributed by atoms with van der Waals surface area (Å²) in [5.41, 5.74) is 7.76. The number of aromatic nitrogens is 4. The molecule has 0 aliphatic carbocycles. The predicted molar refractivity (Wildman–Crippen MR) is 139 cm³/mol. The van der Waals surface area contributed by atoms with Gasteiger partial charge in [0.15, 0.2) is 0 Å². The van der Waals surface area contributed by atoms with Crippen LogP contribution in [0.1, 0.15) is 21.5 Å². The largest absolute Gasteiger partial charge is 0.383 e. The summed E-state index contributed by atoms with van der Waals surface area (Å²) in [5.74, 6) is -1.89. The fraction of sp³-hybridized carbons (Fsp3) is 0.115. The van der Waals surface area contributed by atoms with Gasteiger partial charge < -0.3 is 16.4 Å². The zero-order valence-corrected chi connectivity index (χ0v) is 20.3. The van der Waals surface area contributed by atoms with Crippen LogP contribution in [-0.2, 0) is 11.2 Å². The van der Waals surface area contributed by atoms with Crippen molar-refractivity contribution in [2.24, 2.45) is 5.73 Å². The third-order valence-electron chi connectivity index (χ3n) is 5.46. The fourth-order valence-electron chi connectivity index (χ4n) is 3.69. The molecule has 0 aliphatic heterocycles. The summed E-state index contributed by atoms with van der Waals surface area (Å²) in [7, 11) is 0. The van der Waals surface area contributed by atoms with Gasteiger partial charge in [0.05, 0.1) is 17.3 Å². The van der Waals surface area contributed by atoms with E-state index < -0.39 is 11.7 Å². The molecule has 2 amide bonds. The zero-order chi connectivity index (χ0) is 26.2. The van der Waals surface area contributed by atoms with Crippen LogP contribution in [0.25, 0.3) is 11.8 Å². The molecule has 1 heterocycles. The van der Waals surface area contributed by atoms with Gasteiger partial charge in [-0.3, -0.25) is 9.59 Å². The van der Waals surface area contributed by atoms with Crippen molar-refractivity contribution in [2.45, 2.75) is 12.5 Å². The Kier molecular flexibility index (Phi) is 8.22. The zero-order valence-electron chi connectivity index (χ0n) is 19.5. The highest BCUT2D eigenvalue weighted by atomic mass is 35.5. The molecule has 188 valence electrons. The van der Waals surface area contributed by atoms with Crippen LogP contribution in [0.5, 0.6) is 0 Å². The number of rotatable bonds is 10. The highest BCUT2D eigenvalue weighted by Crippen LogP contribution is 2.20. The molecular weight excluding hydrogens is 497 g/mol. The van der Waals surface area contributed by atoms with Crippen LogP contribution in [0, 0.1) is 5.82 Å². The number of primary amides is 1. The Balaban J connectivity index is 1.48. The van der Waals surface area contributed by atoms with Crippen LogP contribution in [0.4, 0.5) is 10.1 Å². The number of carbonyl (C=O) groups excluding carboxylic acids is 2. The first kappa shape index (κ1) is 25.5. The molecule has 9 nitrogen and oxygen atoms in total. The number of benzene rings is 3. The average Bonchev–Trinajstić information content (AvgIpc) is 3.41. The molecule has 11 heteroatoms. The van der Waals surface area contributed by atoms with Gasteiger partial charge in [-0.1, -0.05) is 41.9 Å². The maximum absolute atomic E-state index is 14.2. The second kappa shape index (κ2) is 11.9. The Hall–Kier alpha value is -4.57. The van der Waals surface area contributed by atoms with E-state index in [1.54, 1.807) is 30.3 Å². The van der Waals surface area contributed by atoms with E-state index in [9.17, 15) is 14.0 Å². The number of tetrazole rings is 1. The lowest BCUT2D eigenvalue weighted by Crippen LogP contribution is -2.40. The van der Waals surface area contributed by atoms with Gasteiger partial charge in [0, 0.05) is 28.9 Å². The van der Waals surface area contributed by atoms with E-state index in [2.05, 4.69) is 26.2 Å². The number of carbonyl (C=O) groups is 2. The third kappa shape index (κ3) is 6.98. The monoisotopic (exact) mass is 519 g/mol. The molecule has 0 radical (unpaired) electrons. The summed E-state index contributed by atoms with van der Waals surface area (Å²) >= 11 is 6.15. The lowest BCUT2D eigenvalue weighted by atomic mass is 10.1. The van der Waals surface area contributed by atoms with Gasteiger partial charge in [0.2, 0.25) is 5.91 Å². The minimum atomic E-state index is -0.840. The molecule has 4 rings (SSSR count). The van der Waals surface area contributed by atoms with Crippen molar-refractivity contribution in [3.05, 3.63) is 107 Å². The normalized spacial score (nSPS) is 11.8. The lowest BCUT2D eigenvalue weighted by Gasteiger charge is -2.20. The van der Waals surface area contributed by atoms with Crippen molar-refractivity contribution in [3.8, 4) is 5.69 Å². The standard InChI is InChI=1S/C26H23ClFN7O2/c27-19-7-10-24(35-16-31-33-34-35)18(13-19)6-11-25(36)32-21(12-17-4-2-1-3-5-17)15-30-20-8-9-22(26(29)37)23(28)14-20/h1-11,13-14,16,21,30H,12,15H2,(H2,29,37)(H,32,36)/b11-6+. The lowest BCUT2D eigenvalue weighted by molar-refractivity contribution is -0.117. The first-order chi connectivity index (χ1) is 17.9. The summed E-state index contributed by atoms with van der Waals surface area (Å²) in [6.45, 7) is 0.302. The Morgan fingerprint density at radius 2 is 1.92 bits per heavy atom. The molecule has 4 aromatic rings. The number of hydrogen-bond acceptors (Lipinski definition) is 6. The van der Waals surface area contributed by atoms with E-state index in [0.29, 0.717) is 34.9 Å². The number of nitrogens with zero attached hydrogens (tertiary/aromatic N) is 4. The average molecular weight is 520 g/mol. The molecule has 37 heavy (non-hydrogen) atoms. The molecule has 1 atom stereocenters. The third-order valence-corrected chi connectivity index (χ3v) is 5.69. The topological polar surface area (TPSA) is 128 Å². The Bertz CT molecular complexity index is 1410. The molecule has 0 bridgehead atoms. The molecule has 0 fully saturated rings. The van der Waals surface area contributed by atoms with Crippen LogP contribution >= 0.6 is 11.6 Å². The van der Waals surface area contributed by atoms with Crippen LogP contribution < -0.4 is 16.4 Å². The minimum Gasteiger partial charge on any atom is -0.383 e. The van der Waals surface area contributed by atoms with Gasteiger partial charge in [-0.15, -0.1) is 5.10 Å². The SMILES string of the molecule is NC(=O)c1ccc(NCC(Cc2ccccc2)NC(=O)/C=C/c2cc(Cl)ccc2-n2cnnn2)cc1F. The second-order valence-corrected chi connectivity index (χ2v) is 8.56. The molecule has 4 N–H and O–H groups in total. The minimum absolute atomic E-state index is 0.188. The van der Waals surface area contributed by atoms with E-state index in [4.69, 9.17) is 17.3 Å². The van der Waals surface area contributed by atoms with E-state index in [1.165, 1.54) is 29.2 Å². The number of nitrogens with one attached hydrogen (secondary N) is 2. The molecule has 1 unspecified atom stereocenters. The predicted octanol–water partition coefficient (Wildman–Crippen LogP) is 3.41. The van der Waals surface area contributed by atoms with Crippen molar-refractivity contribution < 1.29 is 14.0 Å². The molecule has 0 aliphatic rings. The first-order valence-electron chi connectivity index (χ1n) is 11.3. The van der Waals surface area contributed by atoms with Gasteiger partial charge in [0.25, 0.3) is 5.91 Å². The maximum Gasteiger partial charge on any atom is 0.251 e. The summed E-state index contributed by atoms with van der Waals surface area (Å²) in [6.07, 6.45) is 5.01.